The van der Waals surface area contributed by atoms with Crippen LogP contribution >= 0.6 is 0 Å². The summed E-state index contributed by atoms with van der Waals surface area (Å²) in [7, 11) is -3.80. The minimum absolute atomic E-state index is 0.122. The molecule has 0 fully saturated rings. The van der Waals surface area contributed by atoms with Gasteiger partial charge in [-0.15, -0.1) is 0 Å². The summed E-state index contributed by atoms with van der Waals surface area (Å²) in [5, 5.41) is 10.1. The van der Waals surface area contributed by atoms with Crippen molar-refractivity contribution in [1.82, 2.24) is 4.31 Å². The second-order valence-corrected chi connectivity index (χ2v) is 11.9. The highest BCUT2D eigenvalue weighted by Crippen LogP contribution is 2.20. The van der Waals surface area contributed by atoms with Crippen molar-refractivity contribution in [3.8, 4) is 17.6 Å². The number of unbranched alkanes of at least 4 members (excludes halogenated alkanes) is 1. The Morgan fingerprint density at radius 1 is 0.791 bits per heavy atom. The van der Waals surface area contributed by atoms with E-state index in [1.165, 1.54) is 28.1 Å². The summed E-state index contributed by atoms with van der Waals surface area (Å²) in [6.45, 7) is 2.02. The number of aliphatic carboxylic acids is 1. The van der Waals surface area contributed by atoms with E-state index in [0.717, 1.165) is 34.2 Å². The lowest BCUT2D eigenvalue weighted by atomic mass is 10.1. The molecular weight excluding hydrogens is 558 g/mol. The van der Waals surface area contributed by atoms with Crippen molar-refractivity contribution in [2.24, 2.45) is 0 Å². The summed E-state index contributed by atoms with van der Waals surface area (Å²) in [5.41, 5.74) is 5.45. The standard InChI is InChI=1S/C36H35NO5S/c1-2-3-7-30-10-12-31(13-11-30)14-15-32-16-18-33(19-17-32)26-37(43(40,41)25-24-29-8-5-4-6-9-29)27-34-20-22-35(23-21-34)42-28-36(38)39/h4-6,8-13,16-25H,2-3,7,26-28H2,1H3,(H,38,39)/b25-24+. The summed E-state index contributed by atoms with van der Waals surface area (Å²) in [5.74, 6) is 5.73. The van der Waals surface area contributed by atoms with E-state index in [1.54, 1.807) is 30.3 Å². The number of carboxylic acids is 1. The van der Waals surface area contributed by atoms with Gasteiger partial charge in [-0.2, -0.15) is 4.31 Å². The molecule has 0 aliphatic carbocycles. The predicted molar refractivity (Wildman–Crippen MR) is 171 cm³/mol. The molecule has 0 spiro atoms. The van der Waals surface area contributed by atoms with E-state index in [0.29, 0.717) is 5.75 Å². The lowest BCUT2D eigenvalue weighted by Crippen LogP contribution is -2.28. The van der Waals surface area contributed by atoms with Gasteiger partial charge < -0.3 is 9.84 Å². The number of aryl methyl sites for hydroxylation is 1. The number of rotatable bonds is 13. The molecule has 7 heteroatoms. The molecule has 4 aromatic carbocycles. The zero-order chi connectivity index (χ0) is 30.5. The Morgan fingerprint density at radius 2 is 1.33 bits per heavy atom. The van der Waals surface area contributed by atoms with Crippen LogP contribution in [0.15, 0.2) is 109 Å². The van der Waals surface area contributed by atoms with Crippen molar-refractivity contribution in [3.05, 3.63) is 142 Å². The van der Waals surface area contributed by atoms with Crippen molar-refractivity contribution in [3.63, 3.8) is 0 Å². The normalized spacial score (nSPS) is 11.3. The van der Waals surface area contributed by atoms with Crippen molar-refractivity contribution in [1.29, 1.82) is 0 Å². The predicted octanol–water partition coefficient (Wildman–Crippen LogP) is 6.90. The van der Waals surface area contributed by atoms with E-state index < -0.39 is 22.6 Å². The fourth-order valence-electron chi connectivity index (χ4n) is 4.27. The molecule has 0 heterocycles. The lowest BCUT2D eigenvalue weighted by Gasteiger charge is -2.21. The van der Waals surface area contributed by atoms with Crippen LogP contribution in [0.4, 0.5) is 0 Å². The van der Waals surface area contributed by atoms with Crippen molar-refractivity contribution >= 4 is 22.1 Å². The minimum Gasteiger partial charge on any atom is -0.482 e. The molecule has 1 N–H and O–H groups in total. The van der Waals surface area contributed by atoms with Gasteiger partial charge in [0.25, 0.3) is 0 Å². The van der Waals surface area contributed by atoms with Crippen molar-refractivity contribution in [2.75, 3.05) is 6.61 Å². The third kappa shape index (κ3) is 10.3. The molecule has 220 valence electrons. The maximum Gasteiger partial charge on any atom is 0.341 e. The van der Waals surface area contributed by atoms with Crippen LogP contribution in [0.25, 0.3) is 6.08 Å². The van der Waals surface area contributed by atoms with Crippen LogP contribution < -0.4 is 4.74 Å². The number of sulfonamides is 1. The Labute approximate surface area is 254 Å². The first-order chi connectivity index (χ1) is 20.8. The van der Waals surface area contributed by atoms with Crippen LogP contribution in [-0.4, -0.2) is 30.4 Å². The van der Waals surface area contributed by atoms with E-state index in [-0.39, 0.29) is 13.1 Å². The molecule has 0 saturated heterocycles. The van der Waals surface area contributed by atoms with Crippen LogP contribution in [0.5, 0.6) is 5.75 Å². The number of hydrogen-bond acceptors (Lipinski definition) is 4. The Morgan fingerprint density at radius 3 is 1.86 bits per heavy atom. The van der Waals surface area contributed by atoms with E-state index in [4.69, 9.17) is 9.84 Å². The summed E-state index contributed by atoms with van der Waals surface area (Å²) < 4.78 is 33.6. The zero-order valence-electron chi connectivity index (χ0n) is 24.1. The van der Waals surface area contributed by atoms with E-state index in [1.807, 2.05) is 66.7 Å². The van der Waals surface area contributed by atoms with Crippen LogP contribution in [0.3, 0.4) is 0 Å². The second-order valence-electron chi connectivity index (χ2n) is 10.1. The number of benzene rings is 4. The first-order valence-corrected chi connectivity index (χ1v) is 15.7. The molecular formula is C36H35NO5S. The average Bonchev–Trinajstić information content (AvgIpc) is 3.03. The Bertz CT molecular complexity index is 1670. The number of ether oxygens (including phenoxy) is 1. The van der Waals surface area contributed by atoms with Gasteiger partial charge in [0.15, 0.2) is 6.61 Å². The summed E-state index contributed by atoms with van der Waals surface area (Å²) in [6.07, 6.45) is 5.01. The highest BCUT2D eigenvalue weighted by atomic mass is 32.2. The smallest absolute Gasteiger partial charge is 0.341 e. The maximum atomic E-state index is 13.5. The van der Waals surface area contributed by atoms with Gasteiger partial charge >= 0.3 is 5.97 Å². The van der Waals surface area contributed by atoms with Gasteiger partial charge in [-0.25, -0.2) is 13.2 Å². The third-order valence-corrected chi connectivity index (χ3v) is 8.13. The topological polar surface area (TPSA) is 83.9 Å². The molecule has 0 bridgehead atoms. The van der Waals surface area contributed by atoms with Gasteiger partial charge in [-0.1, -0.05) is 91.9 Å². The third-order valence-electron chi connectivity index (χ3n) is 6.67. The van der Waals surface area contributed by atoms with E-state index in [9.17, 15) is 13.2 Å². The second kappa shape index (κ2) is 15.5. The van der Waals surface area contributed by atoms with Gasteiger partial charge in [-0.3, -0.25) is 0 Å². The highest BCUT2D eigenvalue weighted by Gasteiger charge is 2.20. The van der Waals surface area contributed by atoms with Crippen LogP contribution in [0.2, 0.25) is 0 Å². The number of carboxylic acid groups (broad SMARTS) is 1. The molecule has 4 rings (SSSR count). The molecule has 4 aromatic rings. The molecule has 0 saturated carbocycles. The van der Waals surface area contributed by atoms with E-state index in [2.05, 4.69) is 30.9 Å². The van der Waals surface area contributed by atoms with Gasteiger partial charge in [-0.05, 0) is 77.6 Å². The monoisotopic (exact) mass is 593 g/mol. The molecule has 43 heavy (non-hydrogen) atoms. The molecule has 0 aliphatic heterocycles. The molecule has 0 aromatic heterocycles. The first-order valence-electron chi connectivity index (χ1n) is 14.2. The molecule has 0 atom stereocenters. The first kappa shape index (κ1) is 31.3. The lowest BCUT2D eigenvalue weighted by molar-refractivity contribution is -0.139. The maximum absolute atomic E-state index is 13.5. The molecule has 6 nitrogen and oxygen atoms in total. The quantitative estimate of drug-likeness (QED) is 0.171. The Hall–Kier alpha value is -4.64. The van der Waals surface area contributed by atoms with Crippen LogP contribution in [0.1, 0.15) is 53.1 Å². The van der Waals surface area contributed by atoms with Crippen molar-refractivity contribution in [2.45, 2.75) is 39.3 Å². The molecule has 0 unspecified atom stereocenters. The fraction of sp³-hybridized carbons (Fsp3) is 0.194. The number of carbonyl (C=O) groups is 1. The fourth-order valence-corrected chi connectivity index (χ4v) is 5.43. The zero-order valence-corrected chi connectivity index (χ0v) is 25.0. The van der Waals surface area contributed by atoms with E-state index >= 15 is 0 Å². The Balaban J connectivity index is 1.50. The molecule has 0 aliphatic rings. The summed E-state index contributed by atoms with van der Waals surface area (Å²) >= 11 is 0. The van der Waals surface area contributed by atoms with Gasteiger partial charge in [0.1, 0.15) is 5.75 Å². The van der Waals surface area contributed by atoms with Crippen molar-refractivity contribution < 1.29 is 23.1 Å². The minimum atomic E-state index is -3.80. The number of hydrogen-bond donors (Lipinski definition) is 1. The van der Waals surface area contributed by atoms with Crippen LogP contribution in [0, 0.1) is 11.8 Å². The highest BCUT2D eigenvalue weighted by molar-refractivity contribution is 7.92. The van der Waals surface area contributed by atoms with Crippen LogP contribution in [-0.2, 0) is 34.3 Å². The SMILES string of the molecule is CCCCc1ccc(C#Cc2ccc(CN(Cc3ccc(OCC(=O)O)cc3)S(=O)(=O)/C=C/c3ccccc3)cc2)cc1. The molecule has 0 radical (unpaired) electrons. The summed E-state index contributed by atoms with van der Waals surface area (Å²) in [6, 6.07) is 31.9. The van der Waals surface area contributed by atoms with Gasteiger partial charge in [0, 0.05) is 29.6 Å². The van der Waals surface area contributed by atoms with Gasteiger partial charge in [0.2, 0.25) is 10.0 Å². The summed E-state index contributed by atoms with van der Waals surface area (Å²) in [4.78, 5) is 10.8. The molecule has 0 amide bonds. The largest absolute Gasteiger partial charge is 0.482 e. The number of nitrogens with zero attached hydrogens (tertiary/aromatic N) is 1. The average molecular weight is 594 g/mol. The Kier molecular flexibility index (Phi) is 11.3. The van der Waals surface area contributed by atoms with Gasteiger partial charge in [0.05, 0.1) is 0 Å².